The normalized spacial score (nSPS) is 11.3. The highest BCUT2D eigenvalue weighted by Crippen LogP contribution is 2.17. The fourth-order valence-corrected chi connectivity index (χ4v) is 1.52. The highest BCUT2D eigenvalue weighted by molar-refractivity contribution is 7.86. The van der Waals surface area contributed by atoms with Gasteiger partial charge in [-0.2, -0.15) is 8.42 Å². The van der Waals surface area contributed by atoms with Gasteiger partial charge in [0.05, 0.1) is 12.9 Å². The first-order chi connectivity index (χ1) is 6.88. The number of halogens is 1. The summed E-state index contributed by atoms with van der Waals surface area (Å²) in [7, 11) is -3.43. The summed E-state index contributed by atoms with van der Waals surface area (Å²) in [5.74, 6) is 0. The van der Waals surface area contributed by atoms with Crippen LogP contribution in [0.25, 0.3) is 5.57 Å². The van der Waals surface area contributed by atoms with Gasteiger partial charge in [0, 0.05) is 5.02 Å². The summed E-state index contributed by atoms with van der Waals surface area (Å²) in [6, 6.07) is 6.99. The SMILES string of the molecule is C=C(COS(C)(=O)=O)c1cccc(Cl)c1. The largest absolute Gasteiger partial charge is 0.265 e. The Bertz CT molecular complexity index is 465. The Morgan fingerprint density at radius 1 is 1.53 bits per heavy atom. The van der Waals surface area contributed by atoms with Gasteiger partial charge in [-0.3, -0.25) is 4.18 Å². The van der Waals surface area contributed by atoms with Gasteiger partial charge in [0.2, 0.25) is 0 Å². The topological polar surface area (TPSA) is 43.4 Å². The molecule has 1 rings (SSSR count). The lowest BCUT2D eigenvalue weighted by Gasteiger charge is -2.05. The van der Waals surface area contributed by atoms with Crippen LogP contribution >= 0.6 is 11.6 Å². The van der Waals surface area contributed by atoms with E-state index in [2.05, 4.69) is 10.8 Å². The first-order valence-corrected chi connectivity index (χ1v) is 6.36. The molecule has 0 atom stereocenters. The lowest BCUT2D eigenvalue weighted by molar-refractivity contribution is 0.367. The van der Waals surface area contributed by atoms with Crippen molar-refractivity contribution in [3.63, 3.8) is 0 Å². The number of benzene rings is 1. The first-order valence-electron chi connectivity index (χ1n) is 4.16. The molecule has 0 saturated carbocycles. The van der Waals surface area contributed by atoms with Crippen LogP contribution in [0.15, 0.2) is 30.8 Å². The molecule has 0 fully saturated rings. The third-order valence-electron chi connectivity index (χ3n) is 1.68. The summed E-state index contributed by atoms with van der Waals surface area (Å²) in [4.78, 5) is 0. The smallest absolute Gasteiger partial charge is 0.264 e. The predicted octanol–water partition coefficient (Wildman–Crippen LogP) is 2.33. The molecule has 82 valence electrons. The summed E-state index contributed by atoms with van der Waals surface area (Å²) in [6.45, 7) is 3.66. The second kappa shape index (κ2) is 4.79. The van der Waals surface area contributed by atoms with E-state index in [1.165, 1.54) is 0 Å². The van der Waals surface area contributed by atoms with E-state index in [1.807, 2.05) is 0 Å². The predicted molar refractivity (Wildman–Crippen MR) is 61.3 cm³/mol. The molecule has 0 aliphatic heterocycles. The Morgan fingerprint density at radius 2 is 2.20 bits per heavy atom. The molecule has 0 saturated heterocycles. The Kier molecular flexibility index (Phi) is 3.90. The highest BCUT2D eigenvalue weighted by Gasteiger charge is 2.05. The van der Waals surface area contributed by atoms with Crippen molar-refractivity contribution in [1.82, 2.24) is 0 Å². The van der Waals surface area contributed by atoms with Crippen molar-refractivity contribution in [3.05, 3.63) is 41.4 Å². The van der Waals surface area contributed by atoms with Gasteiger partial charge in [0.25, 0.3) is 10.1 Å². The van der Waals surface area contributed by atoms with Crippen LogP contribution in [0.2, 0.25) is 5.02 Å². The number of hydrogen-bond acceptors (Lipinski definition) is 3. The monoisotopic (exact) mass is 246 g/mol. The molecule has 5 heteroatoms. The quantitative estimate of drug-likeness (QED) is 0.766. The average Bonchev–Trinajstić information content (AvgIpc) is 2.13. The van der Waals surface area contributed by atoms with E-state index in [0.29, 0.717) is 10.6 Å². The minimum Gasteiger partial charge on any atom is -0.265 e. The minimum atomic E-state index is -3.43. The van der Waals surface area contributed by atoms with E-state index in [0.717, 1.165) is 11.8 Å². The Morgan fingerprint density at radius 3 is 2.73 bits per heavy atom. The maximum absolute atomic E-state index is 10.7. The summed E-state index contributed by atoms with van der Waals surface area (Å²) in [6.07, 6.45) is 0.998. The van der Waals surface area contributed by atoms with Gasteiger partial charge in [0.1, 0.15) is 0 Å². The average molecular weight is 247 g/mol. The van der Waals surface area contributed by atoms with Gasteiger partial charge in [-0.25, -0.2) is 0 Å². The molecule has 0 aromatic heterocycles. The van der Waals surface area contributed by atoms with Crippen LogP contribution in [0.1, 0.15) is 5.56 Å². The lowest BCUT2D eigenvalue weighted by atomic mass is 10.1. The van der Waals surface area contributed by atoms with Crippen molar-refractivity contribution in [1.29, 1.82) is 0 Å². The molecule has 15 heavy (non-hydrogen) atoms. The van der Waals surface area contributed by atoms with Crippen LogP contribution in [-0.4, -0.2) is 21.3 Å². The number of hydrogen-bond donors (Lipinski definition) is 0. The summed E-state index contributed by atoms with van der Waals surface area (Å²) in [5.41, 5.74) is 1.34. The molecular weight excluding hydrogens is 236 g/mol. The van der Waals surface area contributed by atoms with Crippen LogP contribution < -0.4 is 0 Å². The van der Waals surface area contributed by atoms with Crippen molar-refractivity contribution in [2.45, 2.75) is 0 Å². The van der Waals surface area contributed by atoms with Gasteiger partial charge in [0.15, 0.2) is 0 Å². The van der Waals surface area contributed by atoms with E-state index in [9.17, 15) is 8.42 Å². The Labute approximate surface area is 94.5 Å². The molecule has 0 unspecified atom stereocenters. The van der Waals surface area contributed by atoms with E-state index in [-0.39, 0.29) is 6.61 Å². The second-order valence-corrected chi connectivity index (χ2v) is 5.16. The van der Waals surface area contributed by atoms with Crippen molar-refractivity contribution < 1.29 is 12.6 Å². The van der Waals surface area contributed by atoms with Crippen LogP contribution in [0, 0.1) is 0 Å². The van der Waals surface area contributed by atoms with Crippen molar-refractivity contribution in [2.24, 2.45) is 0 Å². The van der Waals surface area contributed by atoms with Crippen LogP contribution in [0.4, 0.5) is 0 Å². The van der Waals surface area contributed by atoms with Gasteiger partial charge in [-0.1, -0.05) is 30.3 Å². The molecule has 0 bridgehead atoms. The van der Waals surface area contributed by atoms with E-state index in [4.69, 9.17) is 11.6 Å². The Balaban J connectivity index is 2.70. The van der Waals surface area contributed by atoms with Crippen LogP contribution in [-0.2, 0) is 14.3 Å². The Hall–Kier alpha value is -0.840. The van der Waals surface area contributed by atoms with Crippen molar-refractivity contribution in [2.75, 3.05) is 12.9 Å². The standard InChI is InChI=1S/C10H11ClO3S/c1-8(7-14-15(2,12)13)9-4-3-5-10(11)6-9/h3-6H,1,7H2,2H3. The molecule has 0 aliphatic carbocycles. The second-order valence-electron chi connectivity index (χ2n) is 3.08. The molecule has 0 radical (unpaired) electrons. The van der Waals surface area contributed by atoms with E-state index < -0.39 is 10.1 Å². The van der Waals surface area contributed by atoms with Gasteiger partial charge >= 0.3 is 0 Å². The highest BCUT2D eigenvalue weighted by atomic mass is 35.5. The van der Waals surface area contributed by atoms with Gasteiger partial charge in [-0.15, -0.1) is 0 Å². The maximum atomic E-state index is 10.7. The van der Waals surface area contributed by atoms with Crippen LogP contribution in [0.3, 0.4) is 0 Å². The zero-order valence-electron chi connectivity index (χ0n) is 8.23. The lowest BCUT2D eigenvalue weighted by Crippen LogP contribution is -2.05. The third-order valence-corrected chi connectivity index (χ3v) is 2.46. The minimum absolute atomic E-state index is 0.0564. The fraction of sp³-hybridized carbons (Fsp3) is 0.200. The van der Waals surface area contributed by atoms with Gasteiger partial charge < -0.3 is 0 Å². The zero-order valence-corrected chi connectivity index (χ0v) is 9.81. The summed E-state index contributed by atoms with van der Waals surface area (Å²) < 4.78 is 26.1. The zero-order chi connectivity index (χ0) is 11.5. The van der Waals surface area contributed by atoms with Gasteiger partial charge in [-0.05, 0) is 23.3 Å². The summed E-state index contributed by atoms with van der Waals surface area (Å²) >= 11 is 5.78. The maximum Gasteiger partial charge on any atom is 0.264 e. The number of rotatable bonds is 4. The molecule has 1 aromatic rings. The molecule has 0 amide bonds. The molecular formula is C10H11ClO3S. The first kappa shape index (κ1) is 12.2. The fourth-order valence-electron chi connectivity index (χ4n) is 0.970. The molecule has 0 heterocycles. The van der Waals surface area contributed by atoms with E-state index in [1.54, 1.807) is 24.3 Å². The molecule has 3 nitrogen and oxygen atoms in total. The third kappa shape index (κ3) is 4.46. The summed E-state index contributed by atoms with van der Waals surface area (Å²) in [5, 5.41) is 0.577. The molecule has 0 N–H and O–H groups in total. The van der Waals surface area contributed by atoms with Crippen LogP contribution in [0.5, 0.6) is 0 Å². The molecule has 0 aliphatic rings. The van der Waals surface area contributed by atoms with Crippen molar-refractivity contribution in [3.8, 4) is 0 Å². The molecule has 1 aromatic carbocycles. The van der Waals surface area contributed by atoms with Crippen molar-refractivity contribution >= 4 is 27.3 Å². The van der Waals surface area contributed by atoms with E-state index >= 15 is 0 Å². The molecule has 0 spiro atoms.